The molecule has 1 aliphatic rings. The van der Waals surface area contributed by atoms with Crippen molar-refractivity contribution in [2.24, 2.45) is 0 Å². The zero-order valence-corrected chi connectivity index (χ0v) is 22.1. The van der Waals surface area contributed by atoms with Crippen molar-refractivity contribution < 1.29 is 13.2 Å². The first-order valence-corrected chi connectivity index (χ1v) is 13.8. The molecule has 9 nitrogen and oxygen atoms in total. The van der Waals surface area contributed by atoms with Crippen molar-refractivity contribution in [2.45, 2.75) is 19.0 Å². The van der Waals surface area contributed by atoms with Crippen LogP contribution in [0.2, 0.25) is 0 Å². The molecule has 0 amide bonds. The molecule has 0 bridgehead atoms. The minimum absolute atomic E-state index is 0.252. The lowest BCUT2D eigenvalue weighted by atomic mass is 10.0. The van der Waals surface area contributed by atoms with Crippen molar-refractivity contribution in [3.8, 4) is 11.4 Å². The Morgan fingerprint density at radius 1 is 1.05 bits per heavy atom. The molecule has 190 valence electrons. The van der Waals surface area contributed by atoms with E-state index in [1.807, 2.05) is 54.4 Å². The van der Waals surface area contributed by atoms with Crippen molar-refractivity contribution in [2.75, 3.05) is 23.0 Å². The van der Waals surface area contributed by atoms with E-state index in [0.29, 0.717) is 16.5 Å². The van der Waals surface area contributed by atoms with Gasteiger partial charge in [-0.1, -0.05) is 6.07 Å². The van der Waals surface area contributed by atoms with Gasteiger partial charge < -0.3 is 19.5 Å². The summed E-state index contributed by atoms with van der Waals surface area (Å²) in [5.41, 5.74) is 4.91. The Morgan fingerprint density at radius 2 is 1.89 bits per heavy atom. The summed E-state index contributed by atoms with van der Waals surface area (Å²) in [4.78, 5) is 11.0. The van der Waals surface area contributed by atoms with Crippen molar-refractivity contribution in [1.82, 2.24) is 19.9 Å². The maximum Gasteiger partial charge on any atom is 0.229 e. The fourth-order valence-electron chi connectivity index (χ4n) is 4.68. The third-order valence-corrected chi connectivity index (χ3v) is 7.08. The van der Waals surface area contributed by atoms with Crippen LogP contribution in [-0.4, -0.2) is 41.4 Å². The minimum atomic E-state index is -3.48. The maximum atomic E-state index is 11.9. The number of rotatable bonds is 7. The topological polar surface area (TPSA) is 101 Å². The summed E-state index contributed by atoms with van der Waals surface area (Å²) < 4.78 is 33.9. The summed E-state index contributed by atoms with van der Waals surface area (Å²) in [5, 5.41) is 3.98. The molecule has 4 aromatic rings. The SMILES string of the molecule is COc1cc(N2C(=S)NC(c3ccccn3)C2c2ccc(C)n2-c2cccnc2)ccc1NS(C)(=O)=O. The molecule has 0 aliphatic carbocycles. The molecule has 0 spiro atoms. The quantitative estimate of drug-likeness (QED) is 0.341. The maximum absolute atomic E-state index is 11.9. The summed E-state index contributed by atoms with van der Waals surface area (Å²) >= 11 is 5.86. The van der Waals surface area contributed by atoms with Gasteiger partial charge >= 0.3 is 0 Å². The lowest BCUT2D eigenvalue weighted by Crippen LogP contribution is -2.30. The normalized spacial score (nSPS) is 17.5. The Kier molecular flexibility index (Phi) is 6.57. The average Bonchev–Trinajstić information content (AvgIpc) is 3.43. The number of aryl methyl sites for hydroxylation is 1. The van der Waals surface area contributed by atoms with Crippen LogP contribution in [0.5, 0.6) is 5.75 Å². The van der Waals surface area contributed by atoms with Crippen LogP contribution in [0, 0.1) is 6.92 Å². The molecule has 3 aromatic heterocycles. The number of sulfonamides is 1. The Bertz CT molecular complexity index is 1540. The van der Waals surface area contributed by atoms with Crippen LogP contribution in [0.25, 0.3) is 5.69 Å². The van der Waals surface area contributed by atoms with Crippen LogP contribution in [0.3, 0.4) is 0 Å². The number of hydrogen-bond acceptors (Lipinski definition) is 6. The largest absolute Gasteiger partial charge is 0.494 e. The molecular weight excluding hydrogens is 508 g/mol. The summed E-state index contributed by atoms with van der Waals surface area (Å²) in [6.45, 7) is 2.05. The van der Waals surface area contributed by atoms with E-state index in [1.165, 1.54) is 7.11 Å². The number of anilines is 2. The summed E-state index contributed by atoms with van der Waals surface area (Å²) in [5.74, 6) is 0.379. The first-order valence-electron chi connectivity index (χ1n) is 11.5. The van der Waals surface area contributed by atoms with Gasteiger partial charge in [-0.05, 0) is 67.7 Å². The van der Waals surface area contributed by atoms with Crippen LogP contribution in [0.1, 0.15) is 29.2 Å². The first kappa shape index (κ1) is 24.7. The second-order valence-corrected chi connectivity index (χ2v) is 10.8. The second-order valence-electron chi connectivity index (χ2n) is 8.70. The molecular formula is C26H26N6O3S2. The third-order valence-electron chi connectivity index (χ3n) is 6.17. The van der Waals surface area contributed by atoms with Gasteiger partial charge in [0.05, 0.1) is 42.7 Å². The van der Waals surface area contributed by atoms with E-state index < -0.39 is 10.0 Å². The van der Waals surface area contributed by atoms with Gasteiger partial charge in [0.1, 0.15) is 11.8 Å². The third kappa shape index (κ3) is 4.87. The zero-order chi connectivity index (χ0) is 26.2. The van der Waals surface area contributed by atoms with Crippen LogP contribution in [-0.2, 0) is 10.0 Å². The minimum Gasteiger partial charge on any atom is -0.494 e. The van der Waals surface area contributed by atoms with Gasteiger partial charge in [0.25, 0.3) is 0 Å². The van der Waals surface area contributed by atoms with Crippen molar-refractivity contribution in [1.29, 1.82) is 0 Å². The molecule has 11 heteroatoms. The van der Waals surface area contributed by atoms with Gasteiger partial charge in [-0.3, -0.25) is 14.7 Å². The molecule has 5 rings (SSSR count). The molecule has 1 aromatic carbocycles. The number of pyridine rings is 2. The number of benzene rings is 1. The van der Waals surface area contributed by atoms with Crippen LogP contribution in [0.15, 0.2) is 79.3 Å². The van der Waals surface area contributed by atoms with Gasteiger partial charge in [-0.2, -0.15) is 0 Å². The summed E-state index contributed by atoms with van der Waals surface area (Å²) in [6.07, 6.45) is 6.43. The van der Waals surface area contributed by atoms with E-state index in [2.05, 4.69) is 36.7 Å². The Hall–Kier alpha value is -3.96. The smallest absolute Gasteiger partial charge is 0.229 e. The molecule has 0 radical (unpaired) electrons. The fourth-order valence-corrected chi connectivity index (χ4v) is 5.59. The van der Waals surface area contributed by atoms with Gasteiger partial charge in [0.15, 0.2) is 5.11 Å². The van der Waals surface area contributed by atoms with E-state index in [1.54, 1.807) is 24.5 Å². The van der Waals surface area contributed by atoms with E-state index in [4.69, 9.17) is 17.0 Å². The molecule has 2 atom stereocenters. The highest BCUT2D eigenvalue weighted by molar-refractivity contribution is 7.92. The Balaban J connectivity index is 1.67. The summed E-state index contributed by atoms with van der Waals surface area (Å²) in [6, 6.07) is 18.6. The Morgan fingerprint density at radius 3 is 2.57 bits per heavy atom. The lowest BCUT2D eigenvalue weighted by Gasteiger charge is -2.29. The number of thiocarbonyl (C=S) groups is 1. The molecule has 1 fully saturated rings. The van der Waals surface area contributed by atoms with Gasteiger partial charge in [0.2, 0.25) is 10.0 Å². The number of ether oxygens (including phenoxy) is 1. The average molecular weight is 535 g/mol. The number of methoxy groups -OCH3 is 1. The highest BCUT2D eigenvalue weighted by Gasteiger charge is 2.42. The zero-order valence-electron chi connectivity index (χ0n) is 20.5. The van der Waals surface area contributed by atoms with Gasteiger partial charge in [-0.25, -0.2) is 8.42 Å². The van der Waals surface area contributed by atoms with E-state index in [9.17, 15) is 8.42 Å². The molecule has 0 saturated carbocycles. The Labute approximate surface area is 221 Å². The molecule has 2 N–H and O–H groups in total. The van der Waals surface area contributed by atoms with Crippen LogP contribution >= 0.6 is 12.2 Å². The second kappa shape index (κ2) is 9.83. The highest BCUT2D eigenvalue weighted by Crippen LogP contribution is 2.44. The fraction of sp³-hybridized carbons (Fsp3) is 0.192. The van der Waals surface area contributed by atoms with Crippen molar-refractivity contribution in [3.05, 3.63) is 96.3 Å². The van der Waals surface area contributed by atoms with Crippen molar-refractivity contribution >= 4 is 38.7 Å². The molecule has 4 heterocycles. The molecule has 37 heavy (non-hydrogen) atoms. The van der Waals surface area contributed by atoms with Crippen LogP contribution in [0.4, 0.5) is 11.4 Å². The predicted molar refractivity (Wildman–Crippen MR) is 148 cm³/mol. The van der Waals surface area contributed by atoms with Crippen LogP contribution < -0.4 is 19.7 Å². The van der Waals surface area contributed by atoms with Gasteiger partial charge in [0, 0.05) is 35.5 Å². The molecule has 1 saturated heterocycles. The van der Waals surface area contributed by atoms with Gasteiger partial charge in [-0.15, -0.1) is 0 Å². The monoisotopic (exact) mass is 534 g/mol. The first-order chi connectivity index (χ1) is 17.8. The lowest BCUT2D eigenvalue weighted by molar-refractivity contribution is 0.417. The molecule has 1 aliphatic heterocycles. The predicted octanol–water partition coefficient (Wildman–Crippen LogP) is 4.13. The standard InChI is InChI=1S/C26H26N6O3S2/c1-17-9-12-22(31(17)19-7-6-13-27-16-19)25-24(21-8-4-5-14-28-21)29-26(36)32(25)18-10-11-20(23(15-18)35-2)30-37(3,33)34/h4-16,24-25,30H,1-3H3,(H,29,36). The van der Waals surface area contributed by atoms with E-state index in [-0.39, 0.29) is 12.1 Å². The highest BCUT2D eigenvalue weighted by atomic mass is 32.2. The number of nitrogens with zero attached hydrogens (tertiary/aromatic N) is 4. The number of hydrogen-bond donors (Lipinski definition) is 2. The number of aromatic nitrogens is 3. The van der Waals surface area contributed by atoms with Crippen molar-refractivity contribution in [3.63, 3.8) is 0 Å². The number of nitrogens with one attached hydrogen (secondary N) is 2. The van der Waals surface area contributed by atoms with E-state index in [0.717, 1.165) is 34.7 Å². The molecule has 2 unspecified atom stereocenters. The summed E-state index contributed by atoms with van der Waals surface area (Å²) in [7, 11) is -1.99. The van der Waals surface area contributed by atoms with E-state index >= 15 is 0 Å².